The van der Waals surface area contributed by atoms with Crippen LogP contribution in [0.5, 0.6) is 0 Å². The number of benzene rings is 3. The number of carboxylic acid groups (broad SMARTS) is 1. The molecule has 0 unspecified atom stereocenters. The van der Waals surface area contributed by atoms with Crippen LogP contribution >= 0.6 is 0 Å². The van der Waals surface area contributed by atoms with Crippen molar-refractivity contribution in [3.63, 3.8) is 0 Å². The predicted octanol–water partition coefficient (Wildman–Crippen LogP) is 4.55. The predicted molar refractivity (Wildman–Crippen MR) is 177 cm³/mol. The third kappa shape index (κ3) is 7.85. The topological polar surface area (TPSA) is 136 Å². The molecule has 0 spiro atoms. The Hall–Kier alpha value is -5.11. The molecule has 0 bridgehead atoms. The smallest absolute Gasteiger partial charge is 0.475 e. The van der Waals surface area contributed by atoms with Crippen LogP contribution in [0.3, 0.4) is 0 Å². The molecule has 14 heteroatoms. The fourth-order valence-electron chi connectivity index (χ4n) is 6.46. The van der Waals surface area contributed by atoms with Gasteiger partial charge < -0.3 is 20.2 Å². The normalized spacial score (nSPS) is 17.7. The maximum atomic E-state index is 14.9. The van der Waals surface area contributed by atoms with Crippen molar-refractivity contribution in [2.45, 2.75) is 51.2 Å². The number of carbonyl (C=O) groups excluding carboxylic acids is 2. The lowest BCUT2D eigenvalue weighted by molar-refractivity contribution is -0.192. The highest BCUT2D eigenvalue weighted by molar-refractivity contribution is 5.95. The van der Waals surface area contributed by atoms with Gasteiger partial charge in [-0.3, -0.25) is 14.4 Å². The molecule has 0 radical (unpaired) electrons. The van der Waals surface area contributed by atoms with Gasteiger partial charge in [0, 0.05) is 44.6 Å². The standard InChI is InChI=1S/C34H36FN5O3.C2HF3O2/c1-22-23(2)31(41)38-37-30(22)20-24-11-12-29(35)28(19-24)32(42)39-15-17-40(18-16-39)33(43)34(13-6-14-36-34)21-26-9-5-8-25-7-3-4-10-27(25)26;3-2(4,5)1(6)7/h3-5,7-12,19,36H,6,13-18,20-21H2,1-2H3,(H,38,41);(H,6,7)/t34-;/m1./s1. The second kappa shape index (κ2) is 14.8. The number of nitrogens with zero attached hydrogens (tertiary/aromatic N) is 3. The molecule has 1 aromatic heterocycles. The first-order valence-corrected chi connectivity index (χ1v) is 16.1. The molecule has 2 amide bonds. The van der Waals surface area contributed by atoms with Crippen LogP contribution in [0, 0.1) is 19.7 Å². The summed E-state index contributed by atoms with van der Waals surface area (Å²) in [6.07, 6.45) is -2.43. The number of rotatable bonds is 6. The Labute approximate surface area is 285 Å². The molecule has 6 rings (SSSR count). The van der Waals surface area contributed by atoms with Gasteiger partial charge in [-0.25, -0.2) is 14.3 Å². The van der Waals surface area contributed by atoms with Gasteiger partial charge in [0.2, 0.25) is 5.91 Å². The zero-order valence-corrected chi connectivity index (χ0v) is 27.6. The third-order valence-electron chi connectivity index (χ3n) is 9.38. The number of hydrogen-bond acceptors (Lipinski definition) is 6. The van der Waals surface area contributed by atoms with Crippen molar-refractivity contribution in [1.29, 1.82) is 0 Å². The van der Waals surface area contributed by atoms with E-state index in [0.29, 0.717) is 50.3 Å². The van der Waals surface area contributed by atoms with Crippen molar-refractivity contribution in [2.75, 3.05) is 32.7 Å². The van der Waals surface area contributed by atoms with Gasteiger partial charge in [0.25, 0.3) is 11.5 Å². The lowest BCUT2D eigenvalue weighted by Crippen LogP contribution is -2.60. The molecule has 0 saturated carbocycles. The molecule has 50 heavy (non-hydrogen) atoms. The largest absolute Gasteiger partial charge is 0.490 e. The van der Waals surface area contributed by atoms with E-state index in [9.17, 15) is 31.9 Å². The second-order valence-corrected chi connectivity index (χ2v) is 12.6. The number of amides is 2. The number of carbonyl (C=O) groups is 3. The van der Waals surface area contributed by atoms with Crippen LogP contribution in [-0.2, 0) is 22.4 Å². The van der Waals surface area contributed by atoms with Gasteiger partial charge in [-0.05, 0) is 72.8 Å². The maximum absolute atomic E-state index is 14.9. The molecule has 1 atom stereocenters. The van der Waals surface area contributed by atoms with Crippen LogP contribution in [-0.4, -0.2) is 87.3 Å². The van der Waals surface area contributed by atoms with Gasteiger partial charge >= 0.3 is 12.1 Å². The van der Waals surface area contributed by atoms with Crippen molar-refractivity contribution < 1.29 is 37.1 Å². The Bertz CT molecular complexity index is 1960. The van der Waals surface area contributed by atoms with Crippen LogP contribution in [0.2, 0.25) is 0 Å². The summed E-state index contributed by atoms with van der Waals surface area (Å²) in [5, 5.41) is 19.6. The average molecular weight is 696 g/mol. The van der Waals surface area contributed by atoms with E-state index in [0.717, 1.165) is 46.8 Å². The van der Waals surface area contributed by atoms with E-state index in [-0.39, 0.29) is 17.0 Å². The van der Waals surface area contributed by atoms with Gasteiger partial charge in [0.15, 0.2) is 0 Å². The Kier molecular flexibility index (Phi) is 10.7. The summed E-state index contributed by atoms with van der Waals surface area (Å²) in [6.45, 7) is 5.80. The number of hydrogen-bond donors (Lipinski definition) is 3. The van der Waals surface area contributed by atoms with Gasteiger partial charge in [-0.1, -0.05) is 48.5 Å². The molecular weight excluding hydrogens is 658 g/mol. The summed E-state index contributed by atoms with van der Waals surface area (Å²) in [6, 6.07) is 19.0. The van der Waals surface area contributed by atoms with Crippen LogP contribution in [0.1, 0.15) is 51.1 Å². The van der Waals surface area contributed by atoms with Gasteiger partial charge in [-0.15, -0.1) is 0 Å². The number of carboxylic acids is 1. The Morgan fingerprint density at radius 1 is 0.940 bits per heavy atom. The summed E-state index contributed by atoms with van der Waals surface area (Å²) in [7, 11) is 0. The minimum Gasteiger partial charge on any atom is -0.475 e. The number of alkyl halides is 3. The summed E-state index contributed by atoms with van der Waals surface area (Å²) in [4.78, 5) is 51.7. The van der Waals surface area contributed by atoms with Gasteiger partial charge in [0.05, 0.1) is 11.3 Å². The summed E-state index contributed by atoms with van der Waals surface area (Å²) >= 11 is 0. The molecule has 2 saturated heterocycles. The van der Waals surface area contributed by atoms with E-state index in [4.69, 9.17) is 9.90 Å². The van der Waals surface area contributed by atoms with Crippen LogP contribution in [0.15, 0.2) is 65.5 Å². The molecule has 3 heterocycles. The third-order valence-corrected chi connectivity index (χ3v) is 9.38. The van der Waals surface area contributed by atoms with Gasteiger partial charge in [-0.2, -0.15) is 18.3 Å². The number of halogens is 4. The molecule has 2 aliphatic rings. The number of aliphatic carboxylic acids is 1. The first-order chi connectivity index (χ1) is 23.7. The molecule has 2 aliphatic heterocycles. The summed E-state index contributed by atoms with van der Waals surface area (Å²) < 4.78 is 46.6. The highest BCUT2D eigenvalue weighted by atomic mass is 19.4. The minimum atomic E-state index is -5.08. The molecule has 3 N–H and O–H groups in total. The maximum Gasteiger partial charge on any atom is 0.490 e. The summed E-state index contributed by atoms with van der Waals surface area (Å²) in [5.74, 6) is -3.67. The SMILES string of the molecule is Cc1c(Cc2ccc(F)c(C(=O)N3CCN(C(=O)[C@]4(Cc5cccc6ccccc56)CCCN4)CC3)c2)n[nH]c(=O)c1C.O=C(O)C(F)(F)F. The van der Waals surface area contributed by atoms with Crippen LogP contribution < -0.4 is 10.9 Å². The van der Waals surface area contributed by atoms with E-state index in [1.165, 1.54) is 6.07 Å². The number of fused-ring (bicyclic) bond motifs is 1. The first-order valence-electron chi connectivity index (χ1n) is 16.1. The molecule has 264 valence electrons. The number of H-pyrrole nitrogens is 1. The van der Waals surface area contributed by atoms with E-state index >= 15 is 0 Å². The van der Waals surface area contributed by atoms with E-state index in [1.54, 1.807) is 24.0 Å². The number of piperazine rings is 1. The molecule has 0 aliphatic carbocycles. The molecular formula is C36H37F4N5O5. The molecule has 10 nitrogen and oxygen atoms in total. The van der Waals surface area contributed by atoms with Crippen molar-refractivity contribution in [1.82, 2.24) is 25.3 Å². The second-order valence-electron chi connectivity index (χ2n) is 12.6. The minimum absolute atomic E-state index is 0.000890. The first kappa shape index (κ1) is 36.2. The monoisotopic (exact) mass is 695 g/mol. The highest BCUT2D eigenvalue weighted by Crippen LogP contribution is 2.31. The average Bonchev–Trinajstić information content (AvgIpc) is 3.58. The molecule has 2 fully saturated rings. The Balaban J connectivity index is 0.000000630. The fraction of sp³-hybridized carbons (Fsp3) is 0.361. The summed E-state index contributed by atoms with van der Waals surface area (Å²) in [5.41, 5.74) is 2.99. The lowest BCUT2D eigenvalue weighted by Gasteiger charge is -2.40. The van der Waals surface area contributed by atoms with Crippen molar-refractivity contribution in [3.05, 3.63) is 110 Å². The highest BCUT2D eigenvalue weighted by Gasteiger charge is 2.44. The number of aromatic nitrogens is 2. The van der Waals surface area contributed by atoms with Gasteiger partial charge in [0.1, 0.15) is 11.4 Å². The number of nitrogens with one attached hydrogen (secondary N) is 2. The fourth-order valence-corrected chi connectivity index (χ4v) is 6.46. The molecule has 4 aromatic rings. The zero-order chi connectivity index (χ0) is 36.2. The Morgan fingerprint density at radius 3 is 2.26 bits per heavy atom. The van der Waals surface area contributed by atoms with Crippen molar-refractivity contribution in [3.8, 4) is 0 Å². The van der Waals surface area contributed by atoms with Crippen LogP contribution in [0.25, 0.3) is 10.8 Å². The van der Waals surface area contributed by atoms with E-state index in [1.807, 2.05) is 30.0 Å². The zero-order valence-electron chi connectivity index (χ0n) is 27.6. The van der Waals surface area contributed by atoms with Crippen molar-refractivity contribution >= 4 is 28.6 Å². The quantitative estimate of drug-likeness (QED) is 0.252. The van der Waals surface area contributed by atoms with Crippen LogP contribution in [0.4, 0.5) is 17.6 Å². The lowest BCUT2D eigenvalue weighted by atomic mass is 9.85. The van der Waals surface area contributed by atoms with E-state index in [2.05, 4.69) is 39.8 Å². The number of aromatic amines is 1. The molecule has 3 aromatic carbocycles. The Morgan fingerprint density at radius 2 is 1.60 bits per heavy atom. The van der Waals surface area contributed by atoms with E-state index < -0.39 is 29.4 Å². The van der Waals surface area contributed by atoms with Crippen molar-refractivity contribution in [2.24, 2.45) is 0 Å².